The Balaban J connectivity index is 1.43. The molecule has 0 saturated carbocycles. The second kappa shape index (κ2) is 13.9. The van der Waals surface area contributed by atoms with Gasteiger partial charge >= 0.3 is 18.0 Å². The van der Waals surface area contributed by atoms with Crippen LogP contribution in [0, 0.1) is 0 Å². The number of fused-ring (bicyclic) bond motifs is 1. The van der Waals surface area contributed by atoms with E-state index in [1.165, 1.54) is 21.6 Å². The fourth-order valence-corrected chi connectivity index (χ4v) is 6.85. The van der Waals surface area contributed by atoms with E-state index >= 15 is 0 Å². The molecule has 3 amide bonds. The van der Waals surface area contributed by atoms with Crippen molar-refractivity contribution in [2.45, 2.75) is 82.7 Å². The van der Waals surface area contributed by atoms with Crippen LogP contribution in [0.2, 0.25) is 0 Å². The predicted molar refractivity (Wildman–Crippen MR) is 179 cm³/mol. The van der Waals surface area contributed by atoms with Crippen molar-refractivity contribution in [1.82, 2.24) is 15.1 Å². The number of nitrogens with zero attached hydrogens (tertiary/aromatic N) is 2. The van der Waals surface area contributed by atoms with Crippen LogP contribution in [-0.4, -0.2) is 81.4 Å². The fraction of sp³-hybridized carbons (Fsp3) is 0.417. The van der Waals surface area contributed by atoms with Gasteiger partial charge in [-0.2, -0.15) is 0 Å². The number of carbonyl (C=O) groups excluding carboxylic acids is 5. The number of nitrogens with one attached hydrogen (secondary N) is 1. The fourth-order valence-electron chi connectivity index (χ4n) is 5.66. The molecule has 0 bridgehead atoms. The molecule has 0 spiro atoms. The van der Waals surface area contributed by atoms with E-state index in [1.54, 1.807) is 53.0 Å². The van der Waals surface area contributed by atoms with E-state index in [9.17, 15) is 24.0 Å². The number of likely N-dealkylation sites (tertiary alicyclic amines) is 1. The summed E-state index contributed by atoms with van der Waals surface area (Å²) in [5.74, 6) is -2.05. The summed E-state index contributed by atoms with van der Waals surface area (Å²) in [5.41, 5.74) is 0.811. The van der Waals surface area contributed by atoms with Crippen LogP contribution in [0.4, 0.5) is 4.79 Å². The predicted octanol–water partition coefficient (Wildman–Crippen LogP) is 4.88. The van der Waals surface area contributed by atoms with Gasteiger partial charge in [-0.1, -0.05) is 60.7 Å². The topological polar surface area (TPSA) is 132 Å². The van der Waals surface area contributed by atoms with Crippen LogP contribution in [0.15, 0.2) is 83.3 Å². The highest BCUT2D eigenvalue weighted by atomic mass is 32.2. The number of β-lactam (4-membered cyclic amide) rings is 1. The molecule has 0 unspecified atom stereocenters. The van der Waals surface area contributed by atoms with E-state index in [1.807, 2.05) is 60.7 Å². The van der Waals surface area contributed by atoms with Crippen LogP contribution >= 0.6 is 11.8 Å². The van der Waals surface area contributed by atoms with E-state index in [0.717, 1.165) is 11.1 Å². The molecule has 48 heavy (non-hydrogen) atoms. The first-order valence-electron chi connectivity index (χ1n) is 15.8. The number of amides is 3. The van der Waals surface area contributed by atoms with Crippen LogP contribution in [0.5, 0.6) is 0 Å². The minimum absolute atomic E-state index is 0.201. The Morgan fingerprint density at radius 2 is 1.50 bits per heavy atom. The summed E-state index contributed by atoms with van der Waals surface area (Å²) in [5, 5.41) is 3.75. The smallest absolute Gasteiger partial charge is 0.408 e. The Kier molecular flexibility index (Phi) is 10.0. The Morgan fingerprint density at radius 3 is 2.06 bits per heavy atom. The minimum atomic E-state index is -1.20. The molecule has 3 aliphatic rings. The normalized spacial score (nSPS) is 21.8. The summed E-state index contributed by atoms with van der Waals surface area (Å²) in [6, 6.07) is 16.4. The van der Waals surface area contributed by atoms with Gasteiger partial charge in [-0.25, -0.2) is 9.59 Å². The van der Waals surface area contributed by atoms with Crippen LogP contribution in [0.1, 0.15) is 65.2 Å². The van der Waals surface area contributed by atoms with Crippen molar-refractivity contribution in [3.8, 4) is 0 Å². The molecule has 254 valence electrons. The van der Waals surface area contributed by atoms with Gasteiger partial charge in [-0.15, -0.1) is 11.8 Å². The second-order valence-corrected chi connectivity index (χ2v) is 14.8. The molecule has 12 heteroatoms. The summed E-state index contributed by atoms with van der Waals surface area (Å²) in [6.07, 6.45) is 0.426. The van der Waals surface area contributed by atoms with Gasteiger partial charge in [-0.3, -0.25) is 14.4 Å². The third-order valence-corrected chi connectivity index (χ3v) is 8.83. The molecule has 1 N–H and O–H groups in total. The monoisotopic (exact) mass is 675 g/mol. The van der Waals surface area contributed by atoms with Gasteiger partial charge in [0.2, 0.25) is 11.8 Å². The summed E-state index contributed by atoms with van der Waals surface area (Å²) in [6.45, 7) is 10.5. The molecule has 2 aromatic carbocycles. The van der Waals surface area contributed by atoms with Crippen LogP contribution in [0.25, 0.3) is 0 Å². The van der Waals surface area contributed by atoms with Crippen molar-refractivity contribution >= 4 is 41.6 Å². The number of carbonyl (C=O) groups is 5. The van der Waals surface area contributed by atoms with Crippen LogP contribution < -0.4 is 5.32 Å². The average Bonchev–Trinajstić information content (AvgIpc) is 3.35. The number of thioether (sulfide) groups is 1. The lowest BCUT2D eigenvalue weighted by atomic mass is 9.95. The molecule has 2 aromatic rings. The van der Waals surface area contributed by atoms with E-state index < -0.39 is 58.7 Å². The zero-order chi connectivity index (χ0) is 34.8. The third-order valence-electron chi connectivity index (χ3n) is 7.65. The molecule has 3 atom stereocenters. The molecule has 0 aromatic heterocycles. The van der Waals surface area contributed by atoms with Gasteiger partial charge in [0.05, 0.1) is 0 Å². The molecular weight excluding hydrogens is 634 g/mol. The van der Waals surface area contributed by atoms with Gasteiger partial charge in [-0.05, 0) is 76.1 Å². The minimum Gasteiger partial charge on any atom is -0.459 e. The molecule has 11 nitrogen and oxygen atoms in total. The summed E-state index contributed by atoms with van der Waals surface area (Å²) >= 11 is 1.25. The summed E-state index contributed by atoms with van der Waals surface area (Å²) < 4.78 is 17.0. The molecule has 2 fully saturated rings. The van der Waals surface area contributed by atoms with E-state index in [0.29, 0.717) is 24.1 Å². The van der Waals surface area contributed by atoms with Crippen LogP contribution in [-0.2, 0) is 33.4 Å². The lowest BCUT2D eigenvalue weighted by molar-refractivity contribution is -0.164. The number of hydrogen-bond acceptors (Lipinski definition) is 9. The van der Waals surface area contributed by atoms with E-state index in [-0.39, 0.29) is 12.5 Å². The zero-order valence-corrected chi connectivity index (χ0v) is 28.7. The number of ether oxygens (including phenoxy) is 3. The first-order valence-corrected chi connectivity index (χ1v) is 16.7. The quantitative estimate of drug-likeness (QED) is 0.180. The SMILES string of the molecule is CC(C)(C)OC(=O)CN1CCC(=CC2=CS[C@@H]3[C@H](NC(=O)OC(C)(C)C)C(=O)N3[C@@H]2C(=O)OC(c2ccccc2)c2ccccc2)C1=O. The second-order valence-electron chi connectivity index (χ2n) is 13.8. The molecule has 0 aliphatic carbocycles. The van der Waals surface area contributed by atoms with Crippen molar-refractivity contribution in [1.29, 1.82) is 0 Å². The maximum atomic E-state index is 14.3. The summed E-state index contributed by atoms with van der Waals surface area (Å²) in [7, 11) is 0. The molecular formula is C36H41N3O8S. The van der Waals surface area contributed by atoms with Gasteiger partial charge in [0, 0.05) is 12.1 Å². The van der Waals surface area contributed by atoms with Crippen molar-refractivity contribution in [3.05, 3.63) is 94.4 Å². The Labute approximate surface area is 284 Å². The van der Waals surface area contributed by atoms with Gasteiger partial charge in [0.15, 0.2) is 12.1 Å². The van der Waals surface area contributed by atoms with Crippen molar-refractivity contribution in [2.24, 2.45) is 0 Å². The number of benzene rings is 2. The summed E-state index contributed by atoms with van der Waals surface area (Å²) in [4.78, 5) is 69.1. The van der Waals surface area contributed by atoms with E-state index in [4.69, 9.17) is 14.2 Å². The Hall–Kier alpha value is -4.58. The number of rotatable bonds is 8. The lowest BCUT2D eigenvalue weighted by Gasteiger charge is -2.51. The maximum absolute atomic E-state index is 14.3. The first-order chi connectivity index (χ1) is 22.6. The lowest BCUT2D eigenvalue weighted by Crippen LogP contribution is -2.74. The van der Waals surface area contributed by atoms with E-state index in [2.05, 4.69) is 5.32 Å². The van der Waals surface area contributed by atoms with Crippen molar-refractivity contribution < 1.29 is 38.2 Å². The first kappa shape index (κ1) is 34.7. The Bertz CT molecular complexity index is 1590. The van der Waals surface area contributed by atoms with Gasteiger partial charge < -0.3 is 29.3 Å². The highest BCUT2D eigenvalue weighted by Crippen LogP contribution is 2.42. The largest absolute Gasteiger partial charge is 0.459 e. The molecule has 2 saturated heterocycles. The van der Waals surface area contributed by atoms with Crippen LogP contribution in [0.3, 0.4) is 0 Å². The maximum Gasteiger partial charge on any atom is 0.408 e. The average molecular weight is 676 g/mol. The number of hydrogen-bond donors (Lipinski definition) is 1. The highest BCUT2D eigenvalue weighted by Gasteiger charge is 2.56. The standard InChI is InChI=1S/C36H41N3O8S/c1-35(2,3)46-26(40)20-38-18-17-24(30(38)41)19-25-21-48-32-27(37-34(44)47-36(4,5)6)31(42)39(32)28(25)33(43)45-29(22-13-9-7-10-14-22)23-15-11-8-12-16-23/h7-16,19,21,27-29,32H,17-18,20H2,1-6H3,(H,37,44)/t27-,28+,32-/m1/s1. The van der Waals surface area contributed by atoms with Gasteiger partial charge in [0.1, 0.15) is 29.2 Å². The highest BCUT2D eigenvalue weighted by molar-refractivity contribution is 8.03. The molecule has 5 rings (SSSR count). The van der Waals surface area contributed by atoms with Crippen molar-refractivity contribution in [2.75, 3.05) is 13.1 Å². The molecule has 3 heterocycles. The number of alkyl carbamates (subject to hydrolysis) is 1. The Morgan fingerprint density at radius 1 is 0.917 bits per heavy atom. The van der Waals surface area contributed by atoms with Crippen molar-refractivity contribution in [3.63, 3.8) is 0 Å². The third kappa shape index (κ3) is 8.10. The molecule has 0 radical (unpaired) electrons. The zero-order valence-electron chi connectivity index (χ0n) is 27.9. The molecule has 3 aliphatic heterocycles. The van der Waals surface area contributed by atoms with Gasteiger partial charge in [0.25, 0.3) is 0 Å². The number of esters is 2.